The normalized spacial score (nSPS) is 10.2. The van der Waals surface area contributed by atoms with Crippen LogP contribution in [0.15, 0.2) is 16.5 Å². The molecular weight excluding hydrogens is 176 g/mol. The second kappa shape index (κ2) is 4.84. The molecule has 0 saturated heterocycles. The number of nitrogens with zero attached hydrogens (tertiary/aromatic N) is 1. The second-order valence-electron chi connectivity index (χ2n) is 3.57. The summed E-state index contributed by atoms with van der Waals surface area (Å²) in [5, 5.41) is 7.74. The van der Waals surface area contributed by atoms with Gasteiger partial charge in [0.15, 0.2) is 0 Å². The lowest BCUT2D eigenvalue weighted by Gasteiger charge is -2.17. The Morgan fingerprint density at radius 3 is 2.71 bits per heavy atom. The maximum atomic E-state index is 7.74. The first kappa shape index (κ1) is 10.8. The van der Waals surface area contributed by atoms with Gasteiger partial charge in [-0.3, -0.25) is 5.41 Å². The third-order valence-corrected chi connectivity index (χ3v) is 2.14. The molecule has 1 aromatic heterocycles. The summed E-state index contributed by atoms with van der Waals surface area (Å²) in [6.07, 6.45) is 1.84. The molecule has 0 unspecified atom stereocenters. The predicted octanol–water partition coefficient (Wildman–Crippen LogP) is 2.80. The van der Waals surface area contributed by atoms with E-state index in [4.69, 9.17) is 9.83 Å². The molecule has 0 aromatic carbocycles. The molecule has 78 valence electrons. The zero-order valence-corrected chi connectivity index (χ0v) is 9.13. The molecule has 14 heavy (non-hydrogen) atoms. The SMILES string of the molecule is CCCC(=N)N(C)Cc1ccc(C)o1. The van der Waals surface area contributed by atoms with Gasteiger partial charge in [-0.15, -0.1) is 0 Å². The van der Waals surface area contributed by atoms with Gasteiger partial charge in [0, 0.05) is 13.5 Å². The van der Waals surface area contributed by atoms with E-state index in [2.05, 4.69) is 6.92 Å². The molecule has 1 heterocycles. The van der Waals surface area contributed by atoms with Crippen LogP contribution in [0.3, 0.4) is 0 Å². The highest BCUT2D eigenvalue weighted by Gasteiger charge is 2.06. The van der Waals surface area contributed by atoms with Crippen molar-refractivity contribution in [2.75, 3.05) is 7.05 Å². The minimum atomic E-state index is 0.668. The van der Waals surface area contributed by atoms with Gasteiger partial charge >= 0.3 is 0 Å². The highest BCUT2D eigenvalue weighted by Crippen LogP contribution is 2.09. The fraction of sp³-hybridized carbons (Fsp3) is 0.545. The number of amidine groups is 1. The zero-order valence-electron chi connectivity index (χ0n) is 9.13. The lowest BCUT2D eigenvalue weighted by molar-refractivity contribution is 0.393. The maximum Gasteiger partial charge on any atom is 0.123 e. The molecule has 1 N–H and O–H groups in total. The number of hydrogen-bond acceptors (Lipinski definition) is 2. The van der Waals surface area contributed by atoms with Crippen LogP contribution < -0.4 is 0 Å². The summed E-state index contributed by atoms with van der Waals surface area (Å²) in [7, 11) is 1.93. The van der Waals surface area contributed by atoms with Gasteiger partial charge in [-0.25, -0.2) is 0 Å². The Hall–Kier alpha value is -1.25. The van der Waals surface area contributed by atoms with Crippen LogP contribution in [-0.4, -0.2) is 17.8 Å². The van der Waals surface area contributed by atoms with E-state index in [1.807, 2.05) is 31.0 Å². The van der Waals surface area contributed by atoms with Gasteiger partial charge in [-0.05, 0) is 25.5 Å². The predicted molar refractivity (Wildman–Crippen MR) is 57.5 cm³/mol. The number of aryl methyl sites for hydroxylation is 1. The molecule has 1 rings (SSSR count). The second-order valence-corrected chi connectivity index (χ2v) is 3.57. The highest BCUT2D eigenvalue weighted by atomic mass is 16.3. The Morgan fingerprint density at radius 1 is 1.50 bits per heavy atom. The molecule has 3 nitrogen and oxygen atoms in total. The average Bonchev–Trinajstić information content (AvgIpc) is 2.51. The van der Waals surface area contributed by atoms with E-state index in [0.717, 1.165) is 24.4 Å². The van der Waals surface area contributed by atoms with Gasteiger partial charge < -0.3 is 9.32 Å². The van der Waals surface area contributed by atoms with Gasteiger partial charge in [0.25, 0.3) is 0 Å². The molecule has 0 aliphatic rings. The van der Waals surface area contributed by atoms with Gasteiger partial charge in [0.1, 0.15) is 11.5 Å². The van der Waals surface area contributed by atoms with Crippen LogP contribution in [0, 0.1) is 12.3 Å². The summed E-state index contributed by atoms with van der Waals surface area (Å²) >= 11 is 0. The summed E-state index contributed by atoms with van der Waals surface area (Å²) in [6.45, 7) is 4.70. The largest absolute Gasteiger partial charge is 0.464 e. The van der Waals surface area contributed by atoms with Gasteiger partial charge in [0.2, 0.25) is 0 Å². The molecule has 0 fully saturated rings. The lowest BCUT2D eigenvalue weighted by Crippen LogP contribution is -2.24. The Bertz CT molecular complexity index is 304. The van der Waals surface area contributed by atoms with E-state index in [1.165, 1.54) is 0 Å². The molecule has 0 amide bonds. The van der Waals surface area contributed by atoms with Gasteiger partial charge in [-0.2, -0.15) is 0 Å². The van der Waals surface area contributed by atoms with Crippen molar-refractivity contribution < 1.29 is 4.42 Å². The van der Waals surface area contributed by atoms with Crippen molar-refractivity contribution in [1.29, 1.82) is 5.41 Å². The zero-order chi connectivity index (χ0) is 10.6. The van der Waals surface area contributed by atoms with Crippen molar-refractivity contribution in [3.8, 4) is 0 Å². The van der Waals surface area contributed by atoms with Crippen molar-refractivity contribution in [3.05, 3.63) is 23.7 Å². The third-order valence-electron chi connectivity index (χ3n) is 2.14. The molecule has 0 atom stereocenters. The smallest absolute Gasteiger partial charge is 0.123 e. The summed E-state index contributed by atoms with van der Waals surface area (Å²) in [5.41, 5.74) is 0. The van der Waals surface area contributed by atoms with Gasteiger partial charge in [-0.1, -0.05) is 6.92 Å². The minimum absolute atomic E-state index is 0.668. The molecule has 0 radical (unpaired) electrons. The van der Waals surface area contributed by atoms with E-state index in [-0.39, 0.29) is 0 Å². The van der Waals surface area contributed by atoms with Crippen LogP contribution in [-0.2, 0) is 6.54 Å². The van der Waals surface area contributed by atoms with Crippen LogP contribution in [0.25, 0.3) is 0 Å². The number of nitrogens with one attached hydrogen (secondary N) is 1. The van der Waals surface area contributed by atoms with Crippen LogP contribution in [0.5, 0.6) is 0 Å². The van der Waals surface area contributed by atoms with Crippen LogP contribution in [0.4, 0.5) is 0 Å². The number of furan rings is 1. The van der Waals surface area contributed by atoms with E-state index in [1.54, 1.807) is 0 Å². The third kappa shape index (κ3) is 2.91. The fourth-order valence-electron chi connectivity index (χ4n) is 1.33. The Morgan fingerprint density at radius 2 is 2.21 bits per heavy atom. The summed E-state index contributed by atoms with van der Waals surface area (Å²) in [4.78, 5) is 1.92. The Labute approximate surface area is 85.2 Å². The van der Waals surface area contributed by atoms with Crippen molar-refractivity contribution in [3.63, 3.8) is 0 Å². The number of hydrogen-bond donors (Lipinski definition) is 1. The van der Waals surface area contributed by atoms with Crippen molar-refractivity contribution in [1.82, 2.24) is 4.90 Å². The fourth-order valence-corrected chi connectivity index (χ4v) is 1.33. The standard InChI is InChI=1S/C11H18N2O/c1-4-5-11(12)13(3)8-10-7-6-9(2)14-10/h6-7,12H,4-5,8H2,1-3H3. The first-order chi connectivity index (χ1) is 6.63. The van der Waals surface area contributed by atoms with E-state index in [0.29, 0.717) is 12.4 Å². The van der Waals surface area contributed by atoms with Gasteiger partial charge in [0.05, 0.1) is 12.4 Å². The molecule has 0 saturated carbocycles. The highest BCUT2D eigenvalue weighted by molar-refractivity contribution is 5.78. The average molecular weight is 194 g/mol. The molecular formula is C11H18N2O. The first-order valence-corrected chi connectivity index (χ1v) is 4.97. The molecule has 1 aromatic rings. The van der Waals surface area contributed by atoms with Crippen LogP contribution in [0.2, 0.25) is 0 Å². The molecule has 0 spiro atoms. The minimum Gasteiger partial charge on any atom is -0.464 e. The maximum absolute atomic E-state index is 7.74. The van der Waals surface area contributed by atoms with Crippen LogP contribution in [0.1, 0.15) is 31.3 Å². The Balaban J connectivity index is 2.48. The van der Waals surface area contributed by atoms with Crippen molar-refractivity contribution >= 4 is 5.84 Å². The molecule has 0 aliphatic carbocycles. The van der Waals surface area contributed by atoms with E-state index in [9.17, 15) is 0 Å². The Kier molecular flexibility index (Phi) is 3.74. The summed E-state index contributed by atoms with van der Waals surface area (Å²) in [5.74, 6) is 2.52. The van der Waals surface area contributed by atoms with Crippen molar-refractivity contribution in [2.45, 2.75) is 33.2 Å². The quantitative estimate of drug-likeness (QED) is 0.591. The summed E-state index contributed by atoms with van der Waals surface area (Å²) in [6, 6.07) is 3.91. The molecule has 0 aliphatic heterocycles. The molecule has 3 heteroatoms. The van der Waals surface area contributed by atoms with Crippen molar-refractivity contribution in [2.24, 2.45) is 0 Å². The van der Waals surface area contributed by atoms with E-state index >= 15 is 0 Å². The van der Waals surface area contributed by atoms with E-state index < -0.39 is 0 Å². The monoisotopic (exact) mass is 194 g/mol. The topological polar surface area (TPSA) is 40.2 Å². The number of rotatable bonds is 4. The molecule has 0 bridgehead atoms. The van der Waals surface area contributed by atoms with Crippen LogP contribution >= 0.6 is 0 Å². The first-order valence-electron chi connectivity index (χ1n) is 4.97. The summed E-state index contributed by atoms with van der Waals surface area (Å²) < 4.78 is 5.44. The lowest BCUT2D eigenvalue weighted by atomic mass is 10.3.